The van der Waals surface area contributed by atoms with Gasteiger partial charge in [0.15, 0.2) is 0 Å². The maximum absolute atomic E-state index is 10.3. The average molecular weight is 255 g/mol. The number of rotatable bonds is 6. The van der Waals surface area contributed by atoms with E-state index in [0.29, 0.717) is 6.54 Å². The van der Waals surface area contributed by atoms with Crippen LogP contribution in [0.15, 0.2) is 54.6 Å². The summed E-state index contributed by atoms with van der Waals surface area (Å²) in [6, 6.07) is 14.7. The van der Waals surface area contributed by atoms with E-state index in [-0.39, 0.29) is 0 Å². The molecule has 0 saturated carbocycles. The SMILES string of the molecule is O=C(O)/C=C/CNCCc1cccc2ccccc12. The standard InChI is InChI=1S/C16H17NO2/c18-16(19)9-4-11-17-12-10-14-7-3-6-13-5-1-2-8-15(13)14/h1-9,17H,10-12H2,(H,18,19)/b9-4+. The second-order valence-electron chi connectivity index (χ2n) is 4.33. The Morgan fingerprint density at radius 3 is 2.79 bits per heavy atom. The fourth-order valence-corrected chi connectivity index (χ4v) is 2.08. The lowest BCUT2D eigenvalue weighted by molar-refractivity contribution is -0.131. The molecule has 2 N–H and O–H groups in total. The average Bonchev–Trinajstić information content (AvgIpc) is 2.42. The van der Waals surface area contributed by atoms with E-state index in [4.69, 9.17) is 5.11 Å². The van der Waals surface area contributed by atoms with E-state index >= 15 is 0 Å². The molecule has 3 nitrogen and oxygen atoms in total. The zero-order valence-corrected chi connectivity index (χ0v) is 10.7. The van der Waals surface area contributed by atoms with Crippen LogP contribution in [0.5, 0.6) is 0 Å². The number of carboxylic acids is 1. The molecule has 0 amide bonds. The number of benzene rings is 2. The molecule has 3 heteroatoms. The molecular formula is C16H17NO2. The van der Waals surface area contributed by atoms with Crippen molar-refractivity contribution in [3.8, 4) is 0 Å². The Bertz CT molecular complexity index is 585. The van der Waals surface area contributed by atoms with Gasteiger partial charge in [0.2, 0.25) is 0 Å². The molecule has 0 aliphatic heterocycles. The summed E-state index contributed by atoms with van der Waals surface area (Å²) in [4.78, 5) is 10.3. The van der Waals surface area contributed by atoms with Crippen molar-refractivity contribution in [3.05, 3.63) is 60.2 Å². The van der Waals surface area contributed by atoms with Gasteiger partial charge in [-0.05, 0) is 29.3 Å². The molecule has 0 radical (unpaired) electrons. The summed E-state index contributed by atoms with van der Waals surface area (Å²) >= 11 is 0. The van der Waals surface area contributed by atoms with Crippen LogP contribution in [0.1, 0.15) is 5.56 Å². The van der Waals surface area contributed by atoms with Gasteiger partial charge in [0.05, 0.1) is 0 Å². The van der Waals surface area contributed by atoms with Crippen molar-refractivity contribution >= 4 is 16.7 Å². The Kier molecular flexibility index (Phi) is 4.70. The summed E-state index contributed by atoms with van der Waals surface area (Å²) in [5.41, 5.74) is 1.31. The molecule has 2 aromatic rings. The zero-order chi connectivity index (χ0) is 13.5. The van der Waals surface area contributed by atoms with E-state index in [1.807, 2.05) is 6.07 Å². The summed E-state index contributed by atoms with van der Waals surface area (Å²) in [5.74, 6) is -0.907. The molecule has 0 saturated heterocycles. The molecule has 2 rings (SSSR count). The molecule has 19 heavy (non-hydrogen) atoms. The van der Waals surface area contributed by atoms with Crippen LogP contribution < -0.4 is 5.32 Å². The Labute approximate surface area is 112 Å². The van der Waals surface area contributed by atoms with Gasteiger partial charge in [0.1, 0.15) is 0 Å². The minimum Gasteiger partial charge on any atom is -0.478 e. The van der Waals surface area contributed by atoms with E-state index in [1.165, 1.54) is 16.3 Å². The van der Waals surface area contributed by atoms with E-state index in [1.54, 1.807) is 6.08 Å². The zero-order valence-electron chi connectivity index (χ0n) is 10.7. The highest BCUT2D eigenvalue weighted by molar-refractivity contribution is 5.85. The van der Waals surface area contributed by atoms with Gasteiger partial charge >= 0.3 is 5.97 Å². The number of carbonyl (C=O) groups is 1. The largest absolute Gasteiger partial charge is 0.478 e. The number of aliphatic carboxylic acids is 1. The van der Waals surface area contributed by atoms with Crippen molar-refractivity contribution in [1.29, 1.82) is 0 Å². The van der Waals surface area contributed by atoms with Gasteiger partial charge in [-0.25, -0.2) is 4.79 Å². The van der Waals surface area contributed by atoms with E-state index in [0.717, 1.165) is 19.0 Å². The molecule has 0 aromatic heterocycles. The summed E-state index contributed by atoms with van der Waals surface area (Å²) in [6.07, 6.45) is 3.71. The van der Waals surface area contributed by atoms with Gasteiger partial charge < -0.3 is 10.4 Å². The topological polar surface area (TPSA) is 49.3 Å². The van der Waals surface area contributed by atoms with Crippen molar-refractivity contribution in [2.24, 2.45) is 0 Å². The maximum atomic E-state index is 10.3. The van der Waals surface area contributed by atoms with Gasteiger partial charge in [0.25, 0.3) is 0 Å². The first kappa shape index (κ1) is 13.3. The van der Waals surface area contributed by atoms with Crippen molar-refractivity contribution in [2.75, 3.05) is 13.1 Å². The van der Waals surface area contributed by atoms with E-state index in [2.05, 4.69) is 41.7 Å². The number of hydrogen-bond donors (Lipinski definition) is 2. The molecule has 0 fully saturated rings. The summed E-state index contributed by atoms with van der Waals surface area (Å²) < 4.78 is 0. The lowest BCUT2D eigenvalue weighted by Gasteiger charge is -2.06. The lowest BCUT2D eigenvalue weighted by atomic mass is 10.0. The third kappa shape index (κ3) is 3.93. The van der Waals surface area contributed by atoms with Gasteiger partial charge in [-0.3, -0.25) is 0 Å². The maximum Gasteiger partial charge on any atom is 0.328 e. The fraction of sp³-hybridized carbons (Fsp3) is 0.188. The van der Waals surface area contributed by atoms with Crippen molar-refractivity contribution in [2.45, 2.75) is 6.42 Å². The quantitative estimate of drug-likeness (QED) is 0.616. The Hall–Kier alpha value is -2.13. The number of hydrogen-bond acceptors (Lipinski definition) is 2. The molecule has 0 bridgehead atoms. The Morgan fingerprint density at radius 2 is 1.95 bits per heavy atom. The van der Waals surface area contributed by atoms with Crippen LogP contribution in [-0.4, -0.2) is 24.2 Å². The minimum absolute atomic E-state index is 0.580. The summed E-state index contributed by atoms with van der Waals surface area (Å²) in [5, 5.41) is 14.2. The smallest absolute Gasteiger partial charge is 0.328 e. The molecule has 0 spiro atoms. The van der Waals surface area contributed by atoms with Crippen molar-refractivity contribution in [1.82, 2.24) is 5.32 Å². The lowest BCUT2D eigenvalue weighted by Crippen LogP contribution is -2.17. The van der Waals surface area contributed by atoms with Crippen LogP contribution in [0.2, 0.25) is 0 Å². The van der Waals surface area contributed by atoms with Gasteiger partial charge in [-0.2, -0.15) is 0 Å². The van der Waals surface area contributed by atoms with Crippen LogP contribution in [0.25, 0.3) is 10.8 Å². The van der Waals surface area contributed by atoms with E-state index in [9.17, 15) is 4.79 Å². The summed E-state index contributed by atoms with van der Waals surface area (Å²) in [7, 11) is 0. The Morgan fingerprint density at radius 1 is 1.16 bits per heavy atom. The first-order valence-electron chi connectivity index (χ1n) is 6.34. The number of nitrogens with one attached hydrogen (secondary N) is 1. The number of fused-ring (bicyclic) bond motifs is 1. The molecule has 98 valence electrons. The summed E-state index contributed by atoms with van der Waals surface area (Å²) in [6.45, 7) is 1.41. The second kappa shape index (κ2) is 6.71. The predicted octanol–water partition coefficient (Wildman–Crippen LogP) is 2.61. The molecule has 0 atom stereocenters. The second-order valence-corrected chi connectivity index (χ2v) is 4.33. The van der Waals surface area contributed by atoms with Crippen LogP contribution >= 0.6 is 0 Å². The third-order valence-corrected chi connectivity index (χ3v) is 2.97. The number of carboxylic acid groups (broad SMARTS) is 1. The fourth-order valence-electron chi connectivity index (χ4n) is 2.08. The molecule has 0 aliphatic carbocycles. The van der Waals surface area contributed by atoms with Crippen LogP contribution in [0.3, 0.4) is 0 Å². The van der Waals surface area contributed by atoms with Crippen molar-refractivity contribution < 1.29 is 9.90 Å². The third-order valence-electron chi connectivity index (χ3n) is 2.97. The highest BCUT2D eigenvalue weighted by Gasteiger charge is 1.99. The minimum atomic E-state index is -0.907. The van der Waals surface area contributed by atoms with Gasteiger partial charge in [0, 0.05) is 12.6 Å². The predicted molar refractivity (Wildman–Crippen MR) is 77.3 cm³/mol. The first-order valence-corrected chi connectivity index (χ1v) is 6.34. The van der Waals surface area contributed by atoms with Gasteiger partial charge in [-0.1, -0.05) is 48.5 Å². The Balaban J connectivity index is 1.90. The monoisotopic (exact) mass is 255 g/mol. The molecule has 0 heterocycles. The normalized spacial score (nSPS) is 11.2. The van der Waals surface area contributed by atoms with Crippen LogP contribution in [-0.2, 0) is 11.2 Å². The van der Waals surface area contributed by atoms with Gasteiger partial charge in [-0.15, -0.1) is 0 Å². The van der Waals surface area contributed by atoms with E-state index < -0.39 is 5.97 Å². The van der Waals surface area contributed by atoms with Crippen molar-refractivity contribution in [3.63, 3.8) is 0 Å². The highest BCUT2D eigenvalue weighted by Crippen LogP contribution is 2.18. The first-order chi connectivity index (χ1) is 9.27. The van der Waals surface area contributed by atoms with Crippen LogP contribution in [0, 0.1) is 0 Å². The molecular weight excluding hydrogens is 238 g/mol. The van der Waals surface area contributed by atoms with Crippen LogP contribution in [0.4, 0.5) is 0 Å². The highest BCUT2D eigenvalue weighted by atomic mass is 16.4. The molecule has 2 aromatic carbocycles. The molecule has 0 aliphatic rings. The molecule has 0 unspecified atom stereocenters.